The lowest BCUT2D eigenvalue weighted by Crippen LogP contribution is -2.30. The highest BCUT2D eigenvalue weighted by molar-refractivity contribution is 7.10. The van der Waals surface area contributed by atoms with Crippen molar-refractivity contribution in [3.63, 3.8) is 0 Å². The molecule has 0 saturated heterocycles. The van der Waals surface area contributed by atoms with Crippen molar-refractivity contribution in [3.8, 4) is 0 Å². The number of carbonyl (C=O) groups excluding carboxylic acids is 3. The van der Waals surface area contributed by atoms with Crippen LogP contribution in [-0.4, -0.2) is 17.6 Å². The van der Waals surface area contributed by atoms with Gasteiger partial charge in [0.05, 0.1) is 0 Å². The summed E-state index contributed by atoms with van der Waals surface area (Å²) in [6.07, 6.45) is 4.97. The van der Waals surface area contributed by atoms with Gasteiger partial charge in [0.1, 0.15) is 5.70 Å². The maximum atomic E-state index is 13.1. The van der Waals surface area contributed by atoms with Crippen LogP contribution in [0.2, 0.25) is 0 Å². The molecule has 5 nitrogen and oxygen atoms in total. The number of amides is 2. The first-order valence-corrected chi connectivity index (χ1v) is 13.1. The van der Waals surface area contributed by atoms with Crippen LogP contribution in [0.5, 0.6) is 0 Å². The van der Waals surface area contributed by atoms with E-state index < -0.39 is 5.91 Å². The highest BCUT2D eigenvalue weighted by Crippen LogP contribution is 2.18. The van der Waals surface area contributed by atoms with Crippen LogP contribution in [0.4, 0.5) is 5.69 Å². The standard InChI is InChI=1S/C32H28N2O3S/c1-22(2)24-13-10-23(11-14-24)12-19-30(35)25-15-17-27(18-16-25)33-32(37)29(21-28-9-6-20-38-28)34-31(36)26-7-4-3-5-8-26/h3-22H,1-2H3,(H,33,37)(H,34,36)/b19-12+,29-21-. The summed E-state index contributed by atoms with van der Waals surface area (Å²) in [5.41, 5.74) is 3.78. The average molecular weight is 521 g/mol. The van der Waals surface area contributed by atoms with Gasteiger partial charge in [-0.3, -0.25) is 14.4 Å². The second kappa shape index (κ2) is 12.6. The van der Waals surface area contributed by atoms with Crippen molar-refractivity contribution in [2.75, 3.05) is 5.32 Å². The molecule has 190 valence electrons. The predicted octanol–water partition coefficient (Wildman–Crippen LogP) is 7.18. The van der Waals surface area contributed by atoms with E-state index in [-0.39, 0.29) is 17.4 Å². The largest absolute Gasteiger partial charge is 0.321 e. The molecule has 6 heteroatoms. The quantitative estimate of drug-likeness (QED) is 0.181. The van der Waals surface area contributed by atoms with Gasteiger partial charge in [-0.05, 0) is 77.0 Å². The third-order valence-corrected chi connectivity index (χ3v) is 6.64. The number of anilines is 1. The van der Waals surface area contributed by atoms with Gasteiger partial charge in [-0.2, -0.15) is 0 Å². The molecule has 2 amide bonds. The Kier molecular flexibility index (Phi) is 8.80. The van der Waals surface area contributed by atoms with E-state index in [4.69, 9.17) is 0 Å². The van der Waals surface area contributed by atoms with E-state index >= 15 is 0 Å². The highest BCUT2D eigenvalue weighted by Gasteiger charge is 2.15. The van der Waals surface area contributed by atoms with E-state index in [2.05, 4.69) is 36.6 Å². The smallest absolute Gasteiger partial charge is 0.272 e. The minimum Gasteiger partial charge on any atom is -0.321 e. The number of rotatable bonds is 9. The molecule has 1 heterocycles. The highest BCUT2D eigenvalue weighted by atomic mass is 32.1. The third-order valence-electron chi connectivity index (χ3n) is 5.82. The summed E-state index contributed by atoms with van der Waals surface area (Å²) in [6, 6.07) is 27.2. The number of allylic oxidation sites excluding steroid dienone is 1. The first kappa shape index (κ1) is 26.5. The van der Waals surface area contributed by atoms with Crippen LogP contribution < -0.4 is 10.6 Å². The first-order chi connectivity index (χ1) is 18.4. The molecule has 2 N–H and O–H groups in total. The molecule has 0 aliphatic heterocycles. The normalized spacial score (nSPS) is 11.5. The molecule has 1 aromatic heterocycles. The average Bonchev–Trinajstić information content (AvgIpc) is 3.45. The number of benzene rings is 3. The zero-order valence-electron chi connectivity index (χ0n) is 21.2. The summed E-state index contributed by atoms with van der Waals surface area (Å²) in [5.74, 6) is -0.526. The fourth-order valence-electron chi connectivity index (χ4n) is 3.63. The van der Waals surface area contributed by atoms with Crippen LogP contribution in [0.1, 0.15) is 56.5 Å². The van der Waals surface area contributed by atoms with Crippen molar-refractivity contribution in [2.24, 2.45) is 0 Å². The number of ketones is 1. The van der Waals surface area contributed by atoms with Gasteiger partial charge in [0, 0.05) is 21.7 Å². The van der Waals surface area contributed by atoms with Gasteiger partial charge in [-0.25, -0.2) is 0 Å². The van der Waals surface area contributed by atoms with E-state index in [1.807, 2.05) is 35.7 Å². The molecular weight excluding hydrogens is 492 g/mol. The fraction of sp³-hybridized carbons (Fsp3) is 0.0938. The minimum absolute atomic E-state index is 0.118. The summed E-state index contributed by atoms with van der Waals surface area (Å²) in [6.45, 7) is 4.28. The van der Waals surface area contributed by atoms with E-state index in [0.29, 0.717) is 22.7 Å². The Morgan fingerprint density at radius 3 is 2.13 bits per heavy atom. The second-order valence-corrected chi connectivity index (χ2v) is 9.92. The lowest BCUT2D eigenvalue weighted by atomic mass is 10.0. The zero-order chi connectivity index (χ0) is 26.9. The molecule has 3 aromatic carbocycles. The molecule has 0 unspecified atom stereocenters. The van der Waals surface area contributed by atoms with E-state index in [0.717, 1.165) is 10.4 Å². The van der Waals surface area contributed by atoms with Crippen molar-refractivity contribution in [1.82, 2.24) is 5.32 Å². The molecular formula is C32H28N2O3S. The molecule has 0 radical (unpaired) electrons. The molecule has 4 aromatic rings. The molecule has 0 aliphatic rings. The van der Waals surface area contributed by atoms with Gasteiger partial charge in [0.15, 0.2) is 5.78 Å². The van der Waals surface area contributed by atoms with Crippen LogP contribution >= 0.6 is 11.3 Å². The summed E-state index contributed by atoms with van der Waals surface area (Å²) < 4.78 is 0. The molecule has 0 atom stereocenters. The maximum Gasteiger partial charge on any atom is 0.272 e. The molecule has 38 heavy (non-hydrogen) atoms. The Morgan fingerprint density at radius 2 is 1.50 bits per heavy atom. The summed E-state index contributed by atoms with van der Waals surface area (Å²) in [7, 11) is 0. The third kappa shape index (κ3) is 7.24. The van der Waals surface area contributed by atoms with Gasteiger partial charge in [0.25, 0.3) is 11.8 Å². The van der Waals surface area contributed by atoms with Crippen molar-refractivity contribution >= 4 is 46.8 Å². The summed E-state index contributed by atoms with van der Waals surface area (Å²) in [5, 5.41) is 7.41. The lowest BCUT2D eigenvalue weighted by molar-refractivity contribution is -0.113. The molecule has 0 bridgehead atoms. The van der Waals surface area contributed by atoms with Gasteiger partial charge in [-0.15, -0.1) is 11.3 Å². The van der Waals surface area contributed by atoms with Crippen LogP contribution in [0.25, 0.3) is 12.2 Å². The fourth-order valence-corrected chi connectivity index (χ4v) is 4.29. The van der Waals surface area contributed by atoms with Gasteiger partial charge in [0.2, 0.25) is 0 Å². The van der Waals surface area contributed by atoms with E-state index in [1.54, 1.807) is 66.8 Å². The maximum absolute atomic E-state index is 13.1. The molecule has 0 aliphatic carbocycles. The molecule has 0 spiro atoms. The summed E-state index contributed by atoms with van der Waals surface area (Å²) in [4.78, 5) is 39.2. The summed E-state index contributed by atoms with van der Waals surface area (Å²) >= 11 is 1.46. The van der Waals surface area contributed by atoms with Crippen molar-refractivity contribution < 1.29 is 14.4 Å². The second-order valence-electron chi connectivity index (χ2n) is 8.94. The van der Waals surface area contributed by atoms with Crippen LogP contribution in [-0.2, 0) is 4.79 Å². The SMILES string of the molecule is CC(C)c1ccc(/C=C/C(=O)c2ccc(NC(=O)/C(=C/c3cccs3)NC(=O)c3ccccc3)cc2)cc1. The number of carbonyl (C=O) groups is 3. The van der Waals surface area contributed by atoms with Gasteiger partial charge >= 0.3 is 0 Å². The first-order valence-electron chi connectivity index (χ1n) is 12.2. The Labute approximate surface area is 226 Å². The van der Waals surface area contributed by atoms with Gasteiger partial charge < -0.3 is 10.6 Å². The molecule has 4 rings (SSSR count). The number of hydrogen-bond donors (Lipinski definition) is 2. The monoisotopic (exact) mass is 520 g/mol. The van der Waals surface area contributed by atoms with Gasteiger partial charge in [-0.1, -0.05) is 68.5 Å². The molecule has 0 saturated carbocycles. The lowest BCUT2D eigenvalue weighted by Gasteiger charge is -2.11. The van der Waals surface area contributed by atoms with E-state index in [1.165, 1.54) is 16.9 Å². The number of nitrogens with one attached hydrogen (secondary N) is 2. The minimum atomic E-state index is -0.466. The van der Waals surface area contributed by atoms with Crippen molar-refractivity contribution in [3.05, 3.63) is 135 Å². The predicted molar refractivity (Wildman–Crippen MR) is 155 cm³/mol. The van der Waals surface area contributed by atoms with E-state index in [9.17, 15) is 14.4 Å². The van der Waals surface area contributed by atoms with Crippen LogP contribution in [0, 0.1) is 0 Å². The topological polar surface area (TPSA) is 75.3 Å². The number of hydrogen-bond acceptors (Lipinski definition) is 4. The van der Waals surface area contributed by atoms with Crippen LogP contribution in [0.15, 0.2) is 108 Å². The number of thiophene rings is 1. The Bertz CT molecular complexity index is 1450. The van der Waals surface area contributed by atoms with Crippen LogP contribution in [0.3, 0.4) is 0 Å². The molecule has 0 fully saturated rings. The Balaban J connectivity index is 1.43. The van der Waals surface area contributed by atoms with Crippen molar-refractivity contribution in [2.45, 2.75) is 19.8 Å². The van der Waals surface area contributed by atoms with Crippen molar-refractivity contribution in [1.29, 1.82) is 0 Å². The Morgan fingerprint density at radius 1 is 0.789 bits per heavy atom. The zero-order valence-corrected chi connectivity index (χ0v) is 22.0. The Hall–Kier alpha value is -4.55.